The van der Waals surface area contributed by atoms with Crippen molar-refractivity contribution >= 4 is 38.8 Å². The predicted octanol–water partition coefficient (Wildman–Crippen LogP) is 3.98. The number of nitrogens with one attached hydrogen (secondary N) is 1. The predicted molar refractivity (Wildman–Crippen MR) is 136 cm³/mol. The molecule has 4 aromatic heterocycles. The van der Waals surface area contributed by atoms with Crippen LogP contribution in [0.5, 0.6) is 0 Å². The molecule has 1 aliphatic carbocycles. The second kappa shape index (κ2) is 8.31. The largest absolute Gasteiger partial charge is 0.383 e. The number of amides is 1. The maximum Gasteiger partial charge on any atom is 0.272 e. The first-order chi connectivity index (χ1) is 17.0. The van der Waals surface area contributed by atoms with Gasteiger partial charge < -0.3 is 11.1 Å². The molecule has 4 heterocycles. The van der Waals surface area contributed by atoms with Crippen LogP contribution in [-0.2, 0) is 13.5 Å². The molecule has 6 rings (SSSR count). The Morgan fingerprint density at radius 2 is 2.06 bits per heavy atom. The Bertz CT molecular complexity index is 1600. The van der Waals surface area contributed by atoms with Crippen molar-refractivity contribution in [1.82, 2.24) is 34.6 Å². The number of fused-ring (bicyclic) bond motifs is 2. The molecule has 174 valence electrons. The Labute approximate surface area is 209 Å². The summed E-state index contributed by atoms with van der Waals surface area (Å²) in [6.45, 7) is 0. The summed E-state index contributed by atoms with van der Waals surface area (Å²) in [5, 5.41) is 7.33. The molecule has 0 fully saturated rings. The molecule has 1 amide bonds. The van der Waals surface area contributed by atoms with Gasteiger partial charge in [0.2, 0.25) is 0 Å². The van der Waals surface area contributed by atoms with Crippen LogP contribution in [0.3, 0.4) is 0 Å². The van der Waals surface area contributed by atoms with Crippen LogP contribution in [0.4, 0.5) is 5.82 Å². The lowest BCUT2D eigenvalue weighted by Crippen LogP contribution is -2.27. The summed E-state index contributed by atoms with van der Waals surface area (Å²) >= 11 is 3.48. The zero-order valence-corrected chi connectivity index (χ0v) is 20.4. The molecular formula is C25H21BrN8O. The second-order valence-corrected chi connectivity index (χ2v) is 9.32. The highest BCUT2D eigenvalue weighted by atomic mass is 79.9. The highest BCUT2D eigenvalue weighted by Crippen LogP contribution is 2.36. The maximum absolute atomic E-state index is 12.7. The Morgan fingerprint density at radius 1 is 1.17 bits per heavy atom. The highest BCUT2D eigenvalue weighted by Gasteiger charge is 2.26. The van der Waals surface area contributed by atoms with Crippen molar-refractivity contribution in [2.45, 2.75) is 18.9 Å². The van der Waals surface area contributed by atoms with Crippen LogP contribution in [0.25, 0.3) is 28.2 Å². The Morgan fingerprint density at radius 3 is 2.86 bits per heavy atom. The van der Waals surface area contributed by atoms with Crippen molar-refractivity contribution in [2.75, 3.05) is 5.73 Å². The summed E-state index contributed by atoms with van der Waals surface area (Å²) in [6.07, 6.45) is 5.10. The van der Waals surface area contributed by atoms with E-state index < -0.39 is 0 Å². The van der Waals surface area contributed by atoms with Crippen LogP contribution in [0.2, 0.25) is 0 Å². The summed E-state index contributed by atoms with van der Waals surface area (Å²) < 4.78 is 4.35. The number of rotatable bonds is 4. The average molecular weight is 529 g/mol. The molecule has 10 heteroatoms. The van der Waals surface area contributed by atoms with E-state index in [4.69, 9.17) is 15.7 Å². The van der Waals surface area contributed by atoms with Crippen LogP contribution in [-0.4, -0.2) is 35.2 Å². The number of nitrogen functional groups attached to an aromatic ring is 1. The minimum Gasteiger partial charge on any atom is -0.383 e. The molecule has 0 spiro atoms. The number of hydrogen-bond donors (Lipinski definition) is 2. The number of pyridine rings is 2. The molecular weight excluding hydrogens is 508 g/mol. The fourth-order valence-electron chi connectivity index (χ4n) is 4.63. The van der Waals surface area contributed by atoms with Crippen LogP contribution in [0, 0.1) is 0 Å². The number of aryl methyl sites for hydroxylation is 2. The highest BCUT2D eigenvalue weighted by molar-refractivity contribution is 9.10. The Kier molecular flexibility index (Phi) is 5.10. The van der Waals surface area contributed by atoms with Crippen molar-refractivity contribution in [3.8, 4) is 17.1 Å². The van der Waals surface area contributed by atoms with Crippen LogP contribution in [0.1, 0.15) is 34.1 Å². The Balaban J connectivity index is 1.41. The van der Waals surface area contributed by atoms with Crippen molar-refractivity contribution in [1.29, 1.82) is 0 Å². The minimum absolute atomic E-state index is 0.0613. The number of nitrogens with zero attached hydrogens (tertiary/aromatic N) is 6. The lowest BCUT2D eigenvalue weighted by atomic mass is 10.1. The summed E-state index contributed by atoms with van der Waals surface area (Å²) in [4.78, 5) is 26.4. The van der Waals surface area contributed by atoms with E-state index in [9.17, 15) is 4.79 Å². The second-order valence-electron chi connectivity index (χ2n) is 8.51. The molecule has 9 nitrogen and oxygen atoms in total. The summed E-state index contributed by atoms with van der Waals surface area (Å²) in [6, 6.07) is 15.4. The van der Waals surface area contributed by atoms with Gasteiger partial charge in [0.25, 0.3) is 5.91 Å². The van der Waals surface area contributed by atoms with Gasteiger partial charge in [-0.05, 0) is 82.4 Å². The number of halogens is 1. The molecule has 3 N–H and O–H groups in total. The van der Waals surface area contributed by atoms with Gasteiger partial charge in [-0.2, -0.15) is 5.10 Å². The average Bonchev–Trinajstić information content (AvgIpc) is 3.56. The van der Waals surface area contributed by atoms with Crippen LogP contribution < -0.4 is 11.1 Å². The smallest absolute Gasteiger partial charge is 0.272 e. The van der Waals surface area contributed by atoms with Gasteiger partial charge in [-0.3, -0.25) is 14.0 Å². The normalized spacial score (nSPS) is 14.9. The van der Waals surface area contributed by atoms with E-state index in [2.05, 4.69) is 43.5 Å². The van der Waals surface area contributed by atoms with E-state index in [0.29, 0.717) is 17.3 Å². The van der Waals surface area contributed by atoms with E-state index in [0.717, 1.165) is 45.4 Å². The summed E-state index contributed by atoms with van der Waals surface area (Å²) in [5.74, 6) is 0.909. The number of aromatic nitrogens is 6. The van der Waals surface area contributed by atoms with Gasteiger partial charge in [0.05, 0.1) is 11.6 Å². The molecule has 0 aliphatic heterocycles. The lowest BCUT2D eigenvalue weighted by Gasteiger charge is -2.15. The molecule has 0 saturated heterocycles. The van der Waals surface area contributed by atoms with Gasteiger partial charge >= 0.3 is 0 Å². The third kappa shape index (κ3) is 3.75. The summed E-state index contributed by atoms with van der Waals surface area (Å²) in [7, 11) is 1.80. The van der Waals surface area contributed by atoms with Gasteiger partial charge in [0, 0.05) is 25.1 Å². The van der Waals surface area contributed by atoms with E-state index in [1.807, 2.05) is 34.9 Å². The van der Waals surface area contributed by atoms with E-state index in [1.165, 1.54) is 5.56 Å². The van der Waals surface area contributed by atoms with E-state index >= 15 is 0 Å². The number of carbonyl (C=O) groups excluding carboxylic acids is 1. The summed E-state index contributed by atoms with van der Waals surface area (Å²) in [5.41, 5.74) is 12.1. The topological polar surface area (TPSA) is 117 Å². The number of imidazole rings is 1. The van der Waals surface area contributed by atoms with E-state index in [1.54, 1.807) is 30.2 Å². The zero-order chi connectivity index (χ0) is 24.1. The van der Waals surface area contributed by atoms with Crippen LogP contribution in [0.15, 0.2) is 65.5 Å². The number of hydrogen-bond acceptors (Lipinski definition) is 6. The molecule has 35 heavy (non-hydrogen) atoms. The molecule has 1 aliphatic rings. The van der Waals surface area contributed by atoms with Gasteiger partial charge in [0.15, 0.2) is 11.5 Å². The van der Waals surface area contributed by atoms with Crippen molar-refractivity contribution in [3.05, 3.63) is 82.3 Å². The fourth-order valence-corrected chi connectivity index (χ4v) is 4.93. The molecule has 0 unspecified atom stereocenters. The third-order valence-electron chi connectivity index (χ3n) is 6.26. The van der Waals surface area contributed by atoms with Gasteiger partial charge in [-0.25, -0.2) is 15.0 Å². The first kappa shape index (κ1) is 21.5. The maximum atomic E-state index is 12.7. The molecule has 0 bridgehead atoms. The lowest BCUT2D eigenvalue weighted by molar-refractivity contribution is 0.0931. The zero-order valence-electron chi connectivity index (χ0n) is 18.8. The fraction of sp³-hybridized carbons (Fsp3) is 0.160. The number of carbonyl (C=O) groups is 1. The third-order valence-corrected chi connectivity index (χ3v) is 6.71. The molecule has 5 aromatic rings. The Hall–Kier alpha value is -4.05. The van der Waals surface area contributed by atoms with Crippen molar-refractivity contribution < 1.29 is 4.79 Å². The number of anilines is 1. The van der Waals surface area contributed by atoms with Crippen molar-refractivity contribution in [2.24, 2.45) is 7.05 Å². The first-order valence-electron chi connectivity index (χ1n) is 11.2. The standard InChI is InChI=1S/C25H21BrN8O/c1-33-12-10-20(32-33)25(35)30-18-7-4-14-13-15(5-6-16(14)18)34-23(17-3-2-11-28-22(17)27)29-19-8-9-21(26)31-24(19)34/h2-3,5-6,8-13,18H,4,7H2,1H3,(H2,27,28)(H,30,35)/t18-/m0/s1. The van der Waals surface area contributed by atoms with Crippen molar-refractivity contribution in [3.63, 3.8) is 0 Å². The number of benzene rings is 1. The first-order valence-corrected chi connectivity index (χ1v) is 12.0. The van der Waals surface area contributed by atoms with Gasteiger partial charge in [-0.1, -0.05) is 6.07 Å². The number of nitrogens with two attached hydrogens (primary N) is 1. The van der Waals surface area contributed by atoms with Crippen LogP contribution >= 0.6 is 15.9 Å². The van der Waals surface area contributed by atoms with E-state index in [-0.39, 0.29) is 11.9 Å². The SMILES string of the molecule is Cn1ccc(C(=O)N[C@H]2CCc3cc(-n4c(-c5cccnc5N)nc5ccc(Br)nc54)ccc32)n1. The molecule has 1 atom stereocenters. The quantitative estimate of drug-likeness (QED) is 0.341. The minimum atomic E-state index is -0.170. The van der Waals surface area contributed by atoms with Gasteiger partial charge in [0.1, 0.15) is 21.6 Å². The molecule has 1 aromatic carbocycles. The monoisotopic (exact) mass is 528 g/mol. The van der Waals surface area contributed by atoms with Gasteiger partial charge in [-0.15, -0.1) is 0 Å². The molecule has 0 saturated carbocycles. The molecule has 0 radical (unpaired) electrons.